The van der Waals surface area contributed by atoms with Crippen LogP contribution in [0.1, 0.15) is 32.6 Å². The van der Waals surface area contributed by atoms with Crippen molar-refractivity contribution >= 4 is 0 Å². The van der Waals surface area contributed by atoms with Gasteiger partial charge in [0.2, 0.25) is 0 Å². The van der Waals surface area contributed by atoms with E-state index >= 15 is 0 Å². The van der Waals surface area contributed by atoms with Gasteiger partial charge in [-0.3, -0.25) is 0 Å². The molecule has 2 rings (SSSR count). The van der Waals surface area contributed by atoms with Crippen molar-refractivity contribution in [2.75, 3.05) is 26.7 Å². The Morgan fingerprint density at radius 2 is 2.14 bits per heavy atom. The van der Waals surface area contributed by atoms with Crippen LogP contribution in [0, 0.1) is 11.8 Å². The van der Waals surface area contributed by atoms with Crippen LogP contribution in [0.15, 0.2) is 0 Å². The molecule has 82 valence electrons. The Balaban J connectivity index is 1.63. The third kappa shape index (κ3) is 2.71. The minimum atomic E-state index is 0.774. The first-order valence-corrected chi connectivity index (χ1v) is 6.16. The molecule has 0 aromatic heterocycles. The van der Waals surface area contributed by atoms with Gasteiger partial charge in [-0.05, 0) is 51.2 Å². The maximum atomic E-state index is 3.73. The summed E-state index contributed by atoms with van der Waals surface area (Å²) in [4.78, 5) is 2.43. The molecule has 1 heterocycles. The Kier molecular flexibility index (Phi) is 3.45. The molecule has 0 amide bonds. The van der Waals surface area contributed by atoms with E-state index < -0.39 is 0 Å². The molecule has 0 spiro atoms. The predicted octanol–water partition coefficient (Wildman–Crippen LogP) is 1.72. The summed E-state index contributed by atoms with van der Waals surface area (Å²) >= 11 is 0. The van der Waals surface area contributed by atoms with E-state index in [1.165, 1.54) is 45.3 Å². The fraction of sp³-hybridized carbons (Fsp3) is 1.00. The second-order valence-electron chi connectivity index (χ2n) is 5.44. The second-order valence-corrected chi connectivity index (χ2v) is 5.44. The monoisotopic (exact) mass is 196 g/mol. The summed E-state index contributed by atoms with van der Waals surface area (Å²) < 4.78 is 0. The molecule has 1 aliphatic heterocycles. The first-order valence-electron chi connectivity index (χ1n) is 6.16. The number of likely N-dealkylation sites (N-methyl/N-ethyl adjacent to an activating group) is 1. The minimum absolute atomic E-state index is 0.774. The van der Waals surface area contributed by atoms with E-state index in [9.17, 15) is 0 Å². The van der Waals surface area contributed by atoms with Gasteiger partial charge in [0, 0.05) is 12.6 Å². The molecule has 3 unspecified atom stereocenters. The van der Waals surface area contributed by atoms with Gasteiger partial charge < -0.3 is 10.2 Å². The third-order valence-corrected chi connectivity index (χ3v) is 3.89. The Morgan fingerprint density at radius 3 is 2.71 bits per heavy atom. The average Bonchev–Trinajstić information content (AvgIpc) is 2.72. The van der Waals surface area contributed by atoms with Gasteiger partial charge in [-0.15, -0.1) is 0 Å². The minimum Gasteiger partial charge on any atom is -0.312 e. The molecule has 3 atom stereocenters. The molecule has 1 N–H and O–H groups in total. The molecular formula is C12H24N2. The van der Waals surface area contributed by atoms with Gasteiger partial charge in [-0.2, -0.15) is 0 Å². The van der Waals surface area contributed by atoms with Crippen LogP contribution in [0.4, 0.5) is 0 Å². The molecule has 2 heteroatoms. The van der Waals surface area contributed by atoms with Gasteiger partial charge in [0.1, 0.15) is 0 Å². The molecular weight excluding hydrogens is 172 g/mol. The number of nitrogens with one attached hydrogen (secondary N) is 1. The van der Waals surface area contributed by atoms with Crippen LogP contribution in [0.25, 0.3) is 0 Å². The maximum absolute atomic E-state index is 3.73. The first-order chi connectivity index (χ1) is 6.74. The third-order valence-electron chi connectivity index (χ3n) is 3.89. The van der Waals surface area contributed by atoms with Crippen molar-refractivity contribution in [1.82, 2.24) is 10.2 Å². The zero-order valence-electron chi connectivity index (χ0n) is 9.63. The highest BCUT2D eigenvalue weighted by atomic mass is 15.2. The summed E-state index contributed by atoms with van der Waals surface area (Å²) in [7, 11) is 2.22. The molecule has 2 nitrogen and oxygen atoms in total. The zero-order chi connectivity index (χ0) is 9.97. The number of likely N-dealkylation sites (tertiary alicyclic amines) is 1. The van der Waals surface area contributed by atoms with Gasteiger partial charge in [0.25, 0.3) is 0 Å². The summed E-state index contributed by atoms with van der Waals surface area (Å²) in [6.45, 7) is 6.19. The standard InChI is InChI=1S/C12H24N2/c1-10-3-4-11(7-10)8-13-12-5-6-14(2)9-12/h10-13H,3-9H2,1-2H3. The van der Waals surface area contributed by atoms with Crippen LogP contribution in [0.3, 0.4) is 0 Å². The van der Waals surface area contributed by atoms with E-state index in [1.54, 1.807) is 0 Å². The van der Waals surface area contributed by atoms with Gasteiger partial charge in [-0.25, -0.2) is 0 Å². The van der Waals surface area contributed by atoms with E-state index in [1.807, 2.05) is 0 Å². The number of nitrogens with zero attached hydrogens (tertiary/aromatic N) is 1. The normalized spacial score (nSPS) is 39.4. The van der Waals surface area contributed by atoms with Gasteiger partial charge in [0.15, 0.2) is 0 Å². The smallest absolute Gasteiger partial charge is 0.0207 e. The van der Waals surface area contributed by atoms with Crippen LogP contribution in [0.2, 0.25) is 0 Å². The largest absolute Gasteiger partial charge is 0.312 e. The summed E-state index contributed by atoms with van der Waals surface area (Å²) in [5.74, 6) is 1.95. The Morgan fingerprint density at radius 1 is 1.29 bits per heavy atom. The Labute approximate surface area is 88.1 Å². The lowest BCUT2D eigenvalue weighted by atomic mass is 10.1. The van der Waals surface area contributed by atoms with Gasteiger partial charge >= 0.3 is 0 Å². The predicted molar refractivity (Wildman–Crippen MR) is 60.4 cm³/mol. The second kappa shape index (κ2) is 4.63. The fourth-order valence-corrected chi connectivity index (χ4v) is 2.95. The fourth-order valence-electron chi connectivity index (χ4n) is 2.95. The Bertz CT molecular complexity index is 161. The molecule has 1 saturated heterocycles. The molecule has 1 aliphatic carbocycles. The van der Waals surface area contributed by atoms with E-state index in [-0.39, 0.29) is 0 Å². The van der Waals surface area contributed by atoms with Crippen molar-refractivity contribution in [2.45, 2.75) is 38.6 Å². The summed E-state index contributed by atoms with van der Waals surface area (Å²) in [6, 6.07) is 0.774. The lowest BCUT2D eigenvalue weighted by Crippen LogP contribution is -2.34. The summed E-state index contributed by atoms with van der Waals surface area (Å²) in [5, 5.41) is 3.73. The van der Waals surface area contributed by atoms with Crippen molar-refractivity contribution in [2.24, 2.45) is 11.8 Å². The van der Waals surface area contributed by atoms with Gasteiger partial charge in [0.05, 0.1) is 0 Å². The summed E-state index contributed by atoms with van der Waals surface area (Å²) in [5.41, 5.74) is 0. The topological polar surface area (TPSA) is 15.3 Å². The molecule has 0 radical (unpaired) electrons. The Hall–Kier alpha value is -0.0800. The lowest BCUT2D eigenvalue weighted by molar-refractivity contribution is 0.382. The highest BCUT2D eigenvalue weighted by Gasteiger charge is 2.24. The zero-order valence-corrected chi connectivity index (χ0v) is 9.63. The van der Waals surface area contributed by atoms with Crippen LogP contribution in [-0.2, 0) is 0 Å². The van der Waals surface area contributed by atoms with Crippen molar-refractivity contribution in [3.05, 3.63) is 0 Å². The maximum Gasteiger partial charge on any atom is 0.0207 e. The molecule has 14 heavy (non-hydrogen) atoms. The van der Waals surface area contributed by atoms with E-state index in [0.717, 1.165) is 17.9 Å². The van der Waals surface area contributed by atoms with Crippen molar-refractivity contribution < 1.29 is 0 Å². The molecule has 1 saturated carbocycles. The van der Waals surface area contributed by atoms with Crippen LogP contribution < -0.4 is 5.32 Å². The van der Waals surface area contributed by atoms with Crippen molar-refractivity contribution in [1.29, 1.82) is 0 Å². The number of rotatable bonds is 3. The number of hydrogen-bond donors (Lipinski definition) is 1. The highest BCUT2D eigenvalue weighted by molar-refractivity contribution is 4.81. The quantitative estimate of drug-likeness (QED) is 0.739. The van der Waals surface area contributed by atoms with Crippen molar-refractivity contribution in [3.8, 4) is 0 Å². The first kappa shape index (κ1) is 10.4. The molecule has 0 bridgehead atoms. The average molecular weight is 196 g/mol. The van der Waals surface area contributed by atoms with E-state index in [2.05, 4.69) is 24.2 Å². The lowest BCUT2D eigenvalue weighted by Gasteiger charge is -2.16. The molecule has 0 aromatic carbocycles. The van der Waals surface area contributed by atoms with Crippen LogP contribution in [-0.4, -0.2) is 37.6 Å². The van der Waals surface area contributed by atoms with Crippen LogP contribution in [0.5, 0.6) is 0 Å². The van der Waals surface area contributed by atoms with Crippen LogP contribution >= 0.6 is 0 Å². The highest BCUT2D eigenvalue weighted by Crippen LogP contribution is 2.29. The number of hydrogen-bond acceptors (Lipinski definition) is 2. The molecule has 0 aromatic rings. The molecule has 2 aliphatic rings. The van der Waals surface area contributed by atoms with Gasteiger partial charge in [-0.1, -0.05) is 13.3 Å². The van der Waals surface area contributed by atoms with E-state index in [0.29, 0.717) is 0 Å². The SMILES string of the molecule is CC1CCC(CNC2CCN(C)C2)C1. The van der Waals surface area contributed by atoms with Crippen molar-refractivity contribution in [3.63, 3.8) is 0 Å². The summed E-state index contributed by atoms with van der Waals surface area (Å²) in [6.07, 6.45) is 5.71. The van der Waals surface area contributed by atoms with E-state index in [4.69, 9.17) is 0 Å². The molecule has 2 fully saturated rings.